The van der Waals surface area contributed by atoms with Crippen LogP contribution in [0.1, 0.15) is 23.1 Å². The molecule has 3 nitrogen and oxygen atoms in total. The number of rotatable bonds is 4. The van der Waals surface area contributed by atoms with Gasteiger partial charge in [0, 0.05) is 6.54 Å². The quantitative estimate of drug-likeness (QED) is 0.942. The van der Waals surface area contributed by atoms with Gasteiger partial charge in [0.1, 0.15) is 11.6 Å². The highest BCUT2D eigenvalue weighted by Gasteiger charge is 2.11. The summed E-state index contributed by atoms with van der Waals surface area (Å²) in [6, 6.07) is 12.3. The summed E-state index contributed by atoms with van der Waals surface area (Å²) in [6.07, 6.45) is 2.09. The molecule has 0 bridgehead atoms. The van der Waals surface area contributed by atoms with Crippen LogP contribution in [0.4, 0.5) is 4.39 Å². The van der Waals surface area contributed by atoms with Crippen molar-refractivity contribution >= 4 is 5.91 Å². The Morgan fingerprint density at radius 3 is 2.95 bits per heavy atom. The molecule has 2 aromatic rings. The van der Waals surface area contributed by atoms with Gasteiger partial charge in [0.05, 0.1) is 13.0 Å². The standard InChI is InChI=1S/C18H18FNO2/c19-16-6-2-1-4-14(16)11-18(21)20-12-13-7-8-17-15(10-13)5-3-9-22-17/h1-2,4,6-8,10H,3,5,9,11-12H2,(H,20,21). The Labute approximate surface area is 129 Å². The molecule has 1 aliphatic heterocycles. The number of carbonyl (C=O) groups excluding carboxylic acids is 1. The van der Waals surface area contributed by atoms with E-state index in [1.807, 2.05) is 12.1 Å². The molecule has 1 amide bonds. The van der Waals surface area contributed by atoms with Crippen LogP contribution in [0.15, 0.2) is 42.5 Å². The molecule has 22 heavy (non-hydrogen) atoms. The Balaban J connectivity index is 1.58. The molecule has 1 N–H and O–H groups in total. The zero-order valence-corrected chi connectivity index (χ0v) is 12.3. The van der Waals surface area contributed by atoms with E-state index in [1.54, 1.807) is 18.2 Å². The predicted octanol–water partition coefficient (Wildman–Crippen LogP) is 3.01. The second-order valence-corrected chi connectivity index (χ2v) is 5.44. The lowest BCUT2D eigenvalue weighted by Gasteiger charge is -2.18. The van der Waals surface area contributed by atoms with Crippen molar-refractivity contribution in [3.8, 4) is 5.75 Å². The van der Waals surface area contributed by atoms with Gasteiger partial charge in [0.15, 0.2) is 0 Å². The highest BCUT2D eigenvalue weighted by atomic mass is 19.1. The minimum Gasteiger partial charge on any atom is -0.493 e. The summed E-state index contributed by atoms with van der Waals surface area (Å²) in [4.78, 5) is 11.9. The minimum absolute atomic E-state index is 0.0563. The topological polar surface area (TPSA) is 38.3 Å². The first-order valence-electron chi connectivity index (χ1n) is 7.47. The highest BCUT2D eigenvalue weighted by molar-refractivity contribution is 5.78. The van der Waals surface area contributed by atoms with Gasteiger partial charge in [-0.2, -0.15) is 0 Å². The second-order valence-electron chi connectivity index (χ2n) is 5.44. The van der Waals surface area contributed by atoms with E-state index in [2.05, 4.69) is 11.4 Å². The summed E-state index contributed by atoms with van der Waals surface area (Å²) in [5, 5.41) is 2.84. The number of fused-ring (bicyclic) bond motifs is 1. The molecule has 114 valence electrons. The van der Waals surface area contributed by atoms with Crippen LogP contribution >= 0.6 is 0 Å². The summed E-state index contributed by atoms with van der Waals surface area (Å²) in [7, 11) is 0. The molecule has 0 atom stereocenters. The molecule has 0 fully saturated rings. The van der Waals surface area contributed by atoms with E-state index < -0.39 is 0 Å². The predicted molar refractivity (Wildman–Crippen MR) is 82.2 cm³/mol. The van der Waals surface area contributed by atoms with Gasteiger partial charge in [-0.3, -0.25) is 4.79 Å². The fraction of sp³-hybridized carbons (Fsp3) is 0.278. The SMILES string of the molecule is O=C(Cc1ccccc1F)NCc1ccc2c(c1)CCCO2. The van der Waals surface area contributed by atoms with Crippen LogP contribution < -0.4 is 10.1 Å². The highest BCUT2D eigenvalue weighted by Crippen LogP contribution is 2.25. The van der Waals surface area contributed by atoms with E-state index in [0.29, 0.717) is 12.1 Å². The van der Waals surface area contributed by atoms with Crippen LogP contribution in [0, 0.1) is 5.82 Å². The third-order valence-electron chi connectivity index (χ3n) is 3.77. The average Bonchev–Trinajstić information content (AvgIpc) is 2.55. The van der Waals surface area contributed by atoms with Crippen molar-refractivity contribution in [2.75, 3.05) is 6.61 Å². The molecular weight excluding hydrogens is 281 g/mol. The first-order chi connectivity index (χ1) is 10.7. The number of amides is 1. The van der Waals surface area contributed by atoms with Crippen LogP contribution in [0.2, 0.25) is 0 Å². The third kappa shape index (κ3) is 3.45. The Morgan fingerprint density at radius 1 is 1.23 bits per heavy atom. The van der Waals surface area contributed by atoms with Gasteiger partial charge in [0.2, 0.25) is 5.91 Å². The lowest BCUT2D eigenvalue weighted by atomic mass is 10.0. The van der Waals surface area contributed by atoms with Gasteiger partial charge in [-0.1, -0.05) is 30.3 Å². The van der Waals surface area contributed by atoms with E-state index in [4.69, 9.17) is 4.74 Å². The van der Waals surface area contributed by atoms with Crippen molar-refractivity contribution < 1.29 is 13.9 Å². The minimum atomic E-state index is -0.344. The summed E-state index contributed by atoms with van der Waals surface area (Å²) in [5.41, 5.74) is 2.64. The molecule has 4 heteroatoms. The molecule has 0 radical (unpaired) electrons. The molecule has 0 unspecified atom stereocenters. The molecule has 0 spiro atoms. The van der Waals surface area contributed by atoms with Gasteiger partial charge in [-0.15, -0.1) is 0 Å². The van der Waals surface area contributed by atoms with E-state index >= 15 is 0 Å². The van der Waals surface area contributed by atoms with E-state index in [1.165, 1.54) is 11.6 Å². The first-order valence-corrected chi connectivity index (χ1v) is 7.47. The van der Waals surface area contributed by atoms with Crippen LogP contribution in [0.25, 0.3) is 0 Å². The second kappa shape index (κ2) is 6.60. The monoisotopic (exact) mass is 299 g/mol. The molecule has 0 aromatic heterocycles. The molecule has 3 rings (SSSR count). The number of nitrogens with one attached hydrogen (secondary N) is 1. The Morgan fingerprint density at radius 2 is 2.09 bits per heavy atom. The maximum atomic E-state index is 13.5. The number of hydrogen-bond acceptors (Lipinski definition) is 2. The number of benzene rings is 2. The average molecular weight is 299 g/mol. The van der Waals surface area contributed by atoms with Crippen molar-refractivity contribution in [2.45, 2.75) is 25.8 Å². The number of ether oxygens (including phenoxy) is 1. The van der Waals surface area contributed by atoms with Gasteiger partial charge >= 0.3 is 0 Å². The molecule has 1 heterocycles. The molecule has 0 aliphatic carbocycles. The number of carbonyl (C=O) groups is 1. The molecule has 0 saturated heterocycles. The summed E-state index contributed by atoms with van der Waals surface area (Å²) < 4.78 is 19.1. The summed E-state index contributed by atoms with van der Waals surface area (Å²) in [5.74, 6) is 0.412. The third-order valence-corrected chi connectivity index (χ3v) is 3.77. The number of halogens is 1. The largest absolute Gasteiger partial charge is 0.493 e. The lowest BCUT2D eigenvalue weighted by molar-refractivity contribution is -0.120. The van der Waals surface area contributed by atoms with Crippen molar-refractivity contribution in [2.24, 2.45) is 0 Å². The van der Waals surface area contributed by atoms with Gasteiger partial charge in [0.25, 0.3) is 0 Å². The van der Waals surface area contributed by atoms with E-state index in [9.17, 15) is 9.18 Å². The van der Waals surface area contributed by atoms with Gasteiger partial charge in [-0.05, 0) is 41.7 Å². The van der Waals surface area contributed by atoms with Crippen molar-refractivity contribution in [3.05, 3.63) is 65.0 Å². The van der Waals surface area contributed by atoms with Crippen LogP contribution in [-0.4, -0.2) is 12.5 Å². The fourth-order valence-electron chi connectivity index (χ4n) is 2.60. The van der Waals surface area contributed by atoms with Gasteiger partial charge < -0.3 is 10.1 Å². The van der Waals surface area contributed by atoms with Crippen molar-refractivity contribution in [1.29, 1.82) is 0 Å². The first kappa shape index (κ1) is 14.6. The van der Waals surface area contributed by atoms with Crippen LogP contribution in [0.3, 0.4) is 0 Å². The normalized spacial score (nSPS) is 13.1. The molecular formula is C18H18FNO2. The summed E-state index contributed by atoms with van der Waals surface area (Å²) >= 11 is 0. The Hall–Kier alpha value is -2.36. The van der Waals surface area contributed by atoms with Crippen LogP contribution in [0.5, 0.6) is 5.75 Å². The van der Waals surface area contributed by atoms with Crippen LogP contribution in [-0.2, 0) is 24.2 Å². The zero-order valence-electron chi connectivity index (χ0n) is 12.3. The lowest BCUT2D eigenvalue weighted by Crippen LogP contribution is -2.25. The van der Waals surface area contributed by atoms with E-state index in [-0.39, 0.29) is 18.1 Å². The number of hydrogen-bond donors (Lipinski definition) is 1. The number of aryl methyl sites for hydroxylation is 1. The molecule has 2 aromatic carbocycles. The maximum absolute atomic E-state index is 13.5. The fourth-order valence-corrected chi connectivity index (χ4v) is 2.60. The summed E-state index contributed by atoms with van der Waals surface area (Å²) in [6.45, 7) is 1.21. The van der Waals surface area contributed by atoms with Crippen molar-refractivity contribution in [3.63, 3.8) is 0 Å². The molecule has 0 saturated carbocycles. The van der Waals surface area contributed by atoms with Gasteiger partial charge in [-0.25, -0.2) is 4.39 Å². The van der Waals surface area contributed by atoms with Crippen molar-refractivity contribution in [1.82, 2.24) is 5.32 Å². The van der Waals surface area contributed by atoms with E-state index in [0.717, 1.165) is 30.8 Å². The smallest absolute Gasteiger partial charge is 0.224 e. The molecule has 1 aliphatic rings. The zero-order chi connectivity index (χ0) is 15.4. The maximum Gasteiger partial charge on any atom is 0.224 e. The Kier molecular flexibility index (Phi) is 4.37. The Bertz CT molecular complexity index is 685.